The maximum Gasteiger partial charge on any atom is 0.339 e. The molecule has 0 aliphatic rings. The summed E-state index contributed by atoms with van der Waals surface area (Å²) in [6.07, 6.45) is 5.05. The summed E-state index contributed by atoms with van der Waals surface area (Å²) in [7, 11) is 0. The Hall–Kier alpha value is -3.70. The second-order valence-electron chi connectivity index (χ2n) is 7.70. The molecule has 7 heteroatoms. The van der Waals surface area contributed by atoms with E-state index in [9.17, 15) is 19.8 Å². The van der Waals surface area contributed by atoms with Crippen LogP contribution in [0.15, 0.2) is 86.0 Å². The quantitative estimate of drug-likeness (QED) is 0.222. The second-order valence-corrected chi connectivity index (χ2v) is 7.70. The van der Waals surface area contributed by atoms with Crippen molar-refractivity contribution in [1.29, 1.82) is 0 Å². The molecule has 0 radical (unpaired) electrons. The Balaban J connectivity index is 0.000000240. The summed E-state index contributed by atoms with van der Waals surface area (Å²) in [5, 5.41) is 40.2. The number of allylic oxidation sites excluding steroid dienone is 2. The Kier molecular flexibility index (Phi) is 9.55. The van der Waals surface area contributed by atoms with Crippen molar-refractivity contribution in [3.63, 3.8) is 0 Å². The fourth-order valence-corrected chi connectivity index (χ4v) is 3.60. The molecule has 0 aromatic heterocycles. The number of aromatic hydroxyl groups is 2. The minimum Gasteiger partial charge on any atom is -0.507 e. The molecule has 0 bridgehead atoms. The molecule has 0 fully saturated rings. The van der Waals surface area contributed by atoms with Crippen LogP contribution in [0, 0.1) is 0 Å². The van der Waals surface area contributed by atoms with E-state index in [2.05, 4.69) is 13.2 Å². The van der Waals surface area contributed by atoms with Gasteiger partial charge in [0.25, 0.3) is 0 Å². The third-order valence-corrected chi connectivity index (χ3v) is 5.26. The van der Waals surface area contributed by atoms with Crippen LogP contribution in [-0.2, 0) is 39.0 Å². The van der Waals surface area contributed by atoms with Crippen LogP contribution in [0.5, 0.6) is 11.5 Å². The van der Waals surface area contributed by atoms with Gasteiger partial charge in [0, 0.05) is 26.2 Å². The smallest absolute Gasteiger partial charge is 0.339 e. The van der Waals surface area contributed by atoms with Gasteiger partial charge in [-0.3, -0.25) is 0 Å². The number of carboxylic acids is 2. The van der Waals surface area contributed by atoms with Gasteiger partial charge in [0.15, 0.2) is 0 Å². The molecule has 0 atom stereocenters. The van der Waals surface area contributed by atoms with E-state index >= 15 is 0 Å². The number of hydrogen-bond donors (Lipinski definition) is 4. The molecule has 35 heavy (non-hydrogen) atoms. The molecule has 4 rings (SSSR count). The van der Waals surface area contributed by atoms with Crippen molar-refractivity contribution >= 4 is 33.5 Å². The van der Waals surface area contributed by atoms with E-state index in [1.165, 1.54) is 24.3 Å². The van der Waals surface area contributed by atoms with Crippen molar-refractivity contribution < 1.29 is 56.2 Å². The van der Waals surface area contributed by atoms with Crippen LogP contribution in [0.2, 0.25) is 0 Å². The molecule has 0 aliphatic heterocycles. The standard InChI is InChI=1S/2C14H12O3.Zr/c2*1-2-3-9-4-5-10-8-13(15)12(14(16)17)7-11(10)6-9;/h2*2,4-8,15H,1,3H2,(H,16,17);. The zero-order valence-corrected chi connectivity index (χ0v) is 21.3. The summed E-state index contributed by atoms with van der Waals surface area (Å²) in [4.78, 5) is 21.8. The topological polar surface area (TPSA) is 115 Å². The van der Waals surface area contributed by atoms with E-state index in [4.69, 9.17) is 10.2 Å². The molecule has 6 nitrogen and oxygen atoms in total. The van der Waals surface area contributed by atoms with E-state index in [1.54, 1.807) is 12.2 Å². The minimum absolute atomic E-state index is 0. The summed E-state index contributed by atoms with van der Waals surface area (Å²) in [6, 6.07) is 17.3. The summed E-state index contributed by atoms with van der Waals surface area (Å²) < 4.78 is 0. The Morgan fingerprint density at radius 1 is 0.629 bits per heavy atom. The van der Waals surface area contributed by atoms with Crippen LogP contribution in [0.1, 0.15) is 31.8 Å². The number of phenols is 2. The molecule has 4 aromatic rings. The van der Waals surface area contributed by atoms with Crippen LogP contribution in [0.25, 0.3) is 21.5 Å². The molecule has 0 saturated carbocycles. The Morgan fingerprint density at radius 3 is 1.31 bits per heavy atom. The predicted octanol–water partition coefficient (Wildman–Crippen LogP) is 5.94. The van der Waals surface area contributed by atoms with Gasteiger partial charge in [-0.1, -0.05) is 48.6 Å². The van der Waals surface area contributed by atoms with Gasteiger partial charge in [-0.05, 0) is 69.8 Å². The van der Waals surface area contributed by atoms with Gasteiger partial charge < -0.3 is 20.4 Å². The number of hydrogen-bond acceptors (Lipinski definition) is 4. The summed E-state index contributed by atoms with van der Waals surface area (Å²) >= 11 is 0. The average molecular weight is 548 g/mol. The SMILES string of the molecule is C=CCc1ccc2cc(O)c(C(=O)O)cc2c1.C=CCc1ccc2cc(O)c(C(=O)O)cc2c1.[Zr]. The summed E-state index contributed by atoms with van der Waals surface area (Å²) in [5.41, 5.74) is 1.98. The van der Waals surface area contributed by atoms with Gasteiger partial charge in [0.1, 0.15) is 22.6 Å². The molecular weight excluding hydrogens is 524 g/mol. The number of rotatable bonds is 6. The maximum atomic E-state index is 10.9. The molecule has 0 heterocycles. The molecule has 0 aliphatic carbocycles. The first-order valence-electron chi connectivity index (χ1n) is 10.4. The number of fused-ring (bicyclic) bond motifs is 2. The fourth-order valence-electron chi connectivity index (χ4n) is 3.60. The van der Waals surface area contributed by atoms with Crippen molar-refractivity contribution in [1.82, 2.24) is 0 Å². The summed E-state index contributed by atoms with van der Waals surface area (Å²) in [5.74, 6) is -2.67. The van der Waals surface area contributed by atoms with Gasteiger partial charge in [-0.2, -0.15) is 0 Å². The molecule has 0 saturated heterocycles. The monoisotopic (exact) mass is 546 g/mol. The van der Waals surface area contributed by atoms with E-state index < -0.39 is 11.9 Å². The molecule has 176 valence electrons. The second kappa shape index (κ2) is 12.1. The normalized spacial score (nSPS) is 10.1. The first-order chi connectivity index (χ1) is 16.2. The third kappa shape index (κ3) is 6.68. The fraction of sp³-hybridized carbons (Fsp3) is 0.0714. The van der Waals surface area contributed by atoms with Crippen molar-refractivity contribution in [3.05, 3.63) is 108 Å². The molecular formula is C28H24O6Zr. The van der Waals surface area contributed by atoms with E-state index in [0.29, 0.717) is 0 Å². The number of benzene rings is 4. The maximum absolute atomic E-state index is 10.9. The van der Waals surface area contributed by atoms with Gasteiger partial charge in [0.2, 0.25) is 0 Å². The van der Waals surface area contributed by atoms with E-state index in [-0.39, 0.29) is 48.8 Å². The molecule has 0 unspecified atom stereocenters. The largest absolute Gasteiger partial charge is 0.507 e. The van der Waals surface area contributed by atoms with Crippen LogP contribution in [0.3, 0.4) is 0 Å². The minimum atomic E-state index is -1.13. The predicted molar refractivity (Wildman–Crippen MR) is 133 cm³/mol. The number of carbonyl (C=O) groups is 2. The molecule has 4 aromatic carbocycles. The Bertz CT molecular complexity index is 1320. The van der Waals surface area contributed by atoms with E-state index in [1.807, 2.05) is 36.4 Å². The van der Waals surface area contributed by atoms with Crippen molar-refractivity contribution in [3.8, 4) is 11.5 Å². The Labute approximate surface area is 221 Å². The molecule has 0 amide bonds. The number of carboxylic acid groups (broad SMARTS) is 2. The zero-order valence-electron chi connectivity index (χ0n) is 18.9. The van der Waals surface area contributed by atoms with Crippen molar-refractivity contribution in [2.75, 3.05) is 0 Å². The van der Waals surface area contributed by atoms with Crippen molar-refractivity contribution in [2.45, 2.75) is 12.8 Å². The van der Waals surface area contributed by atoms with Crippen molar-refractivity contribution in [2.24, 2.45) is 0 Å². The van der Waals surface area contributed by atoms with Gasteiger partial charge in [-0.15, -0.1) is 13.2 Å². The first-order valence-corrected chi connectivity index (χ1v) is 10.4. The number of aromatic carboxylic acids is 2. The summed E-state index contributed by atoms with van der Waals surface area (Å²) in [6.45, 7) is 7.32. The van der Waals surface area contributed by atoms with Gasteiger partial charge in [-0.25, -0.2) is 9.59 Å². The van der Waals surface area contributed by atoms with Crippen LogP contribution >= 0.6 is 0 Å². The molecule has 0 spiro atoms. The third-order valence-electron chi connectivity index (χ3n) is 5.26. The van der Waals surface area contributed by atoms with Gasteiger partial charge in [0.05, 0.1) is 0 Å². The Morgan fingerprint density at radius 2 is 1.00 bits per heavy atom. The van der Waals surface area contributed by atoms with Crippen LogP contribution in [-0.4, -0.2) is 32.4 Å². The van der Waals surface area contributed by atoms with E-state index in [0.717, 1.165) is 45.5 Å². The average Bonchev–Trinajstić information content (AvgIpc) is 2.79. The zero-order chi connectivity index (χ0) is 24.8. The van der Waals surface area contributed by atoms with Crippen LogP contribution < -0.4 is 0 Å². The molecule has 4 N–H and O–H groups in total. The van der Waals surface area contributed by atoms with Gasteiger partial charge >= 0.3 is 11.9 Å². The van der Waals surface area contributed by atoms with Crippen LogP contribution in [0.4, 0.5) is 0 Å². The first kappa shape index (κ1) is 27.5.